The van der Waals surface area contributed by atoms with Gasteiger partial charge in [0.1, 0.15) is 0 Å². The van der Waals surface area contributed by atoms with Gasteiger partial charge in [0.15, 0.2) is 0 Å². The normalized spacial score (nSPS) is 29.4. The van der Waals surface area contributed by atoms with Crippen LogP contribution in [0.15, 0.2) is 12.4 Å². The van der Waals surface area contributed by atoms with Crippen molar-refractivity contribution in [2.24, 2.45) is 7.05 Å². The molecule has 0 radical (unpaired) electrons. The molecule has 19 heavy (non-hydrogen) atoms. The lowest BCUT2D eigenvalue weighted by Gasteiger charge is -2.36. The Hall–Kier alpha value is -0.130. The molecule has 4 atom stereocenters. The van der Waals surface area contributed by atoms with Gasteiger partial charge in [-0.25, -0.2) is 0 Å². The number of nitrogens with one attached hydrogen (secondary N) is 1. The summed E-state index contributed by atoms with van der Waals surface area (Å²) in [6.45, 7) is 8.00. The van der Waals surface area contributed by atoms with Crippen LogP contribution in [-0.4, -0.2) is 37.8 Å². The molecule has 1 aromatic heterocycles. The second kappa shape index (κ2) is 7.04. The highest BCUT2D eigenvalue weighted by atomic mass is 32.2. The van der Waals surface area contributed by atoms with Crippen LogP contribution in [0.2, 0.25) is 0 Å². The van der Waals surface area contributed by atoms with E-state index >= 15 is 0 Å². The zero-order chi connectivity index (χ0) is 13.8. The molecule has 2 heterocycles. The van der Waals surface area contributed by atoms with E-state index in [0.717, 1.165) is 17.0 Å². The lowest BCUT2D eigenvalue weighted by atomic mass is 10.1. The average Bonchev–Trinajstić information content (AvgIpc) is 2.80. The molecule has 5 heteroatoms. The third-order valence-electron chi connectivity index (χ3n) is 3.64. The van der Waals surface area contributed by atoms with Gasteiger partial charge >= 0.3 is 0 Å². The first kappa shape index (κ1) is 15.3. The van der Waals surface area contributed by atoms with Gasteiger partial charge in [0.25, 0.3) is 0 Å². The Morgan fingerprint density at radius 3 is 2.84 bits per heavy atom. The first-order valence-electron chi connectivity index (χ1n) is 7.10. The van der Waals surface area contributed by atoms with E-state index in [1.807, 2.05) is 17.9 Å². The van der Waals surface area contributed by atoms with Gasteiger partial charge in [-0.3, -0.25) is 4.68 Å². The first-order chi connectivity index (χ1) is 9.11. The molecule has 0 aromatic carbocycles. The smallest absolute Gasteiger partial charge is 0.0537 e. The molecule has 0 amide bonds. The van der Waals surface area contributed by atoms with Crippen LogP contribution in [0.5, 0.6) is 0 Å². The molecule has 0 aliphatic carbocycles. The van der Waals surface area contributed by atoms with Gasteiger partial charge in [0.05, 0.1) is 6.20 Å². The maximum absolute atomic E-state index is 4.34. The van der Waals surface area contributed by atoms with Crippen molar-refractivity contribution in [2.45, 2.75) is 49.0 Å². The third-order valence-corrected chi connectivity index (χ3v) is 7.14. The molecule has 1 saturated heterocycles. The Balaban J connectivity index is 2.09. The van der Waals surface area contributed by atoms with Gasteiger partial charge in [-0.2, -0.15) is 28.6 Å². The predicted octanol–water partition coefficient (Wildman–Crippen LogP) is 3.09. The standard InChI is InChI=1S/C14H25N3S2/c1-5-6-15-14(12-7-16-17(4)8-12)13-9-18-10(2)11(3)19-13/h7-8,10-11,13-15H,5-6,9H2,1-4H3. The van der Waals surface area contributed by atoms with Crippen molar-refractivity contribution in [2.75, 3.05) is 12.3 Å². The van der Waals surface area contributed by atoms with E-state index in [1.54, 1.807) is 0 Å². The summed E-state index contributed by atoms with van der Waals surface area (Å²) in [7, 11) is 1.99. The average molecular weight is 300 g/mol. The van der Waals surface area contributed by atoms with Crippen molar-refractivity contribution in [1.82, 2.24) is 15.1 Å². The van der Waals surface area contributed by atoms with E-state index in [2.05, 4.69) is 60.9 Å². The highest BCUT2D eigenvalue weighted by molar-refractivity contribution is 8.07. The molecule has 4 unspecified atom stereocenters. The van der Waals surface area contributed by atoms with E-state index in [1.165, 1.54) is 17.7 Å². The minimum Gasteiger partial charge on any atom is -0.309 e. The Morgan fingerprint density at radius 2 is 2.26 bits per heavy atom. The van der Waals surface area contributed by atoms with Crippen LogP contribution in [0.25, 0.3) is 0 Å². The fraction of sp³-hybridized carbons (Fsp3) is 0.786. The quantitative estimate of drug-likeness (QED) is 0.905. The van der Waals surface area contributed by atoms with Crippen LogP contribution >= 0.6 is 23.5 Å². The second-order valence-corrected chi connectivity index (χ2v) is 8.33. The monoisotopic (exact) mass is 299 g/mol. The van der Waals surface area contributed by atoms with E-state index in [9.17, 15) is 0 Å². The van der Waals surface area contributed by atoms with Gasteiger partial charge in [0.2, 0.25) is 0 Å². The molecule has 1 aliphatic heterocycles. The molecule has 3 nitrogen and oxygen atoms in total. The zero-order valence-electron chi connectivity index (χ0n) is 12.3. The molecular weight excluding hydrogens is 274 g/mol. The van der Waals surface area contributed by atoms with Gasteiger partial charge < -0.3 is 5.32 Å². The molecule has 0 saturated carbocycles. The molecule has 2 rings (SSSR count). The fourth-order valence-corrected chi connectivity index (χ4v) is 5.47. The van der Waals surface area contributed by atoms with E-state index < -0.39 is 0 Å². The third kappa shape index (κ3) is 3.92. The van der Waals surface area contributed by atoms with Crippen LogP contribution in [0, 0.1) is 0 Å². The summed E-state index contributed by atoms with van der Waals surface area (Å²) in [5.74, 6) is 1.23. The molecule has 1 aromatic rings. The summed E-state index contributed by atoms with van der Waals surface area (Å²) in [5.41, 5.74) is 1.33. The van der Waals surface area contributed by atoms with Gasteiger partial charge in [-0.05, 0) is 13.0 Å². The summed E-state index contributed by atoms with van der Waals surface area (Å²) in [6.07, 6.45) is 5.34. The Kier molecular flexibility index (Phi) is 5.66. The summed E-state index contributed by atoms with van der Waals surface area (Å²) in [5, 5.41) is 10.2. The molecule has 1 N–H and O–H groups in total. The van der Waals surface area contributed by atoms with Crippen molar-refractivity contribution >= 4 is 23.5 Å². The zero-order valence-corrected chi connectivity index (χ0v) is 13.9. The number of thioether (sulfide) groups is 2. The highest BCUT2D eigenvalue weighted by Gasteiger charge is 2.32. The van der Waals surface area contributed by atoms with Crippen molar-refractivity contribution in [1.29, 1.82) is 0 Å². The van der Waals surface area contributed by atoms with Crippen LogP contribution in [0.3, 0.4) is 0 Å². The largest absolute Gasteiger partial charge is 0.309 e. The predicted molar refractivity (Wildman–Crippen MR) is 87.0 cm³/mol. The number of aryl methyl sites for hydroxylation is 1. The molecule has 0 spiro atoms. The summed E-state index contributed by atoms with van der Waals surface area (Å²) < 4.78 is 1.91. The van der Waals surface area contributed by atoms with Crippen LogP contribution < -0.4 is 5.32 Å². The number of nitrogens with zero attached hydrogens (tertiary/aromatic N) is 2. The highest BCUT2D eigenvalue weighted by Crippen LogP contribution is 2.40. The number of aromatic nitrogens is 2. The van der Waals surface area contributed by atoms with E-state index in [-0.39, 0.29) is 0 Å². The van der Waals surface area contributed by atoms with Crippen molar-refractivity contribution < 1.29 is 0 Å². The second-order valence-electron chi connectivity index (χ2n) is 5.30. The summed E-state index contributed by atoms with van der Waals surface area (Å²) in [6, 6.07) is 0.432. The lowest BCUT2D eigenvalue weighted by Crippen LogP contribution is -2.37. The molecular formula is C14H25N3S2. The summed E-state index contributed by atoms with van der Waals surface area (Å²) in [4.78, 5) is 0. The first-order valence-corrected chi connectivity index (χ1v) is 9.10. The number of rotatable bonds is 5. The number of hydrogen-bond acceptors (Lipinski definition) is 4. The SMILES string of the molecule is CCCNC(c1cnn(C)c1)C1CSC(C)C(C)S1. The minimum atomic E-state index is 0.432. The van der Waals surface area contributed by atoms with E-state index in [0.29, 0.717) is 11.3 Å². The van der Waals surface area contributed by atoms with Crippen molar-refractivity contribution in [3.05, 3.63) is 18.0 Å². The summed E-state index contributed by atoms with van der Waals surface area (Å²) >= 11 is 4.25. The Morgan fingerprint density at radius 1 is 1.47 bits per heavy atom. The topological polar surface area (TPSA) is 29.9 Å². The van der Waals surface area contributed by atoms with Gasteiger partial charge in [-0.1, -0.05) is 20.8 Å². The molecule has 1 aliphatic rings. The van der Waals surface area contributed by atoms with Crippen molar-refractivity contribution in [3.63, 3.8) is 0 Å². The maximum atomic E-state index is 4.34. The molecule has 1 fully saturated rings. The van der Waals surface area contributed by atoms with Gasteiger partial charge in [0, 0.05) is 46.4 Å². The van der Waals surface area contributed by atoms with Gasteiger partial charge in [-0.15, -0.1) is 0 Å². The molecule has 108 valence electrons. The lowest BCUT2D eigenvalue weighted by molar-refractivity contribution is 0.527. The van der Waals surface area contributed by atoms with Crippen LogP contribution in [0.1, 0.15) is 38.8 Å². The minimum absolute atomic E-state index is 0.432. The van der Waals surface area contributed by atoms with Crippen molar-refractivity contribution in [3.8, 4) is 0 Å². The molecule has 0 bridgehead atoms. The maximum Gasteiger partial charge on any atom is 0.0537 e. The van der Waals surface area contributed by atoms with Crippen LogP contribution in [0.4, 0.5) is 0 Å². The van der Waals surface area contributed by atoms with Crippen LogP contribution in [-0.2, 0) is 7.05 Å². The number of hydrogen-bond donors (Lipinski definition) is 1. The Bertz CT molecular complexity index is 394. The fourth-order valence-electron chi connectivity index (χ4n) is 2.35. The van der Waals surface area contributed by atoms with E-state index in [4.69, 9.17) is 0 Å². The Labute approximate surface area is 125 Å².